The van der Waals surface area contributed by atoms with Crippen LogP contribution >= 0.6 is 0 Å². The van der Waals surface area contributed by atoms with E-state index in [1.54, 1.807) is 0 Å². The van der Waals surface area contributed by atoms with Crippen molar-refractivity contribution in [1.29, 1.82) is 0 Å². The van der Waals surface area contributed by atoms with Gasteiger partial charge in [-0.3, -0.25) is 14.6 Å². The third-order valence-corrected chi connectivity index (χ3v) is 5.49. The van der Waals surface area contributed by atoms with Gasteiger partial charge in [-0.1, -0.05) is 13.8 Å². The second kappa shape index (κ2) is 8.59. The molecule has 0 radical (unpaired) electrons. The highest BCUT2D eigenvalue weighted by atomic mass is 16.5. The predicted octanol–water partition coefficient (Wildman–Crippen LogP) is 2.95. The molecule has 2 saturated heterocycles. The van der Waals surface area contributed by atoms with Crippen LogP contribution in [0.25, 0.3) is 0 Å². The molecule has 2 aliphatic rings. The van der Waals surface area contributed by atoms with E-state index in [1.807, 2.05) is 13.8 Å². The summed E-state index contributed by atoms with van der Waals surface area (Å²) in [5.74, 6) is 0.510. The van der Waals surface area contributed by atoms with Crippen molar-refractivity contribution in [3.05, 3.63) is 0 Å². The van der Waals surface area contributed by atoms with E-state index in [1.165, 1.54) is 0 Å². The van der Waals surface area contributed by atoms with Gasteiger partial charge in [0.1, 0.15) is 5.78 Å². The summed E-state index contributed by atoms with van der Waals surface area (Å²) in [6, 6.07) is 1.25. The molecule has 0 aromatic carbocycles. The molecule has 0 aromatic rings. The van der Waals surface area contributed by atoms with Gasteiger partial charge in [-0.05, 0) is 46.5 Å². The Hall–Kier alpha value is -0.450. The molecule has 0 N–H and O–H groups in total. The smallest absolute Gasteiger partial charge is 0.149 e. The third kappa shape index (κ3) is 5.54. The first-order valence-electron chi connectivity index (χ1n) is 9.53. The molecule has 134 valence electrons. The van der Waals surface area contributed by atoms with Gasteiger partial charge in [-0.15, -0.1) is 0 Å². The SMILES string of the molecule is CC(C)C(=O)CN1CCC(O[C@H]2CCN(C(C)C)[C@H](C)C2)CC1. The number of carbonyl (C=O) groups excluding carboxylic acids is 1. The summed E-state index contributed by atoms with van der Waals surface area (Å²) in [6.07, 6.45) is 5.28. The molecule has 0 aliphatic carbocycles. The minimum Gasteiger partial charge on any atom is -0.375 e. The second-order valence-electron chi connectivity index (χ2n) is 8.06. The molecule has 2 fully saturated rings. The number of nitrogens with zero attached hydrogens (tertiary/aromatic N) is 2. The molecule has 0 amide bonds. The van der Waals surface area contributed by atoms with E-state index >= 15 is 0 Å². The van der Waals surface area contributed by atoms with Gasteiger partial charge < -0.3 is 4.74 Å². The van der Waals surface area contributed by atoms with E-state index in [0.29, 0.717) is 36.6 Å². The first-order chi connectivity index (χ1) is 10.9. The Morgan fingerprint density at radius 3 is 2.17 bits per heavy atom. The Labute approximate surface area is 142 Å². The molecule has 2 rings (SSSR count). The molecule has 2 atom stereocenters. The lowest BCUT2D eigenvalue weighted by atomic mass is 9.98. The lowest BCUT2D eigenvalue weighted by molar-refractivity contribution is -0.124. The van der Waals surface area contributed by atoms with Crippen LogP contribution in [0.2, 0.25) is 0 Å². The summed E-state index contributed by atoms with van der Waals surface area (Å²) in [5, 5.41) is 0. The number of Topliss-reactive ketones (excluding diaryl/α,β-unsaturated/α-hetero) is 1. The van der Waals surface area contributed by atoms with Gasteiger partial charge in [0.2, 0.25) is 0 Å². The number of ether oxygens (including phenoxy) is 1. The van der Waals surface area contributed by atoms with Gasteiger partial charge in [-0.2, -0.15) is 0 Å². The van der Waals surface area contributed by atoms with E-state index in [9.17, 15) is 4.79 Å². The van der Waals surface area contributed by atoms with E-state index in [2.05, 4.69) is 30.6 Å². The third-order valence-electron chi connectivity index (χ3n) is 5.49. The first kappa shape index (κ1) is 18.9. The van der Waals surface area contributed by atoms with Gasteiger partial charge >= 0.3 is 0 Å². The highest BCUT2D eigenvalue weighted by molar-refractivity contribution is 5.82. The Morgan fingerprint density at radius 1 is 1.04 bits per heavy atom. The first-order valence-corrected chi connectivity index (χ1v) is 9.53. The zero-order valence-corrected chi connectivity index (χ0v) is 15.8. The summed E-state index contributed by atoms with van der Waals surface area (Å²) in [6.45, 7) is 14.7. The van der Waals surface area contributed by atoms with Crippen molar-refractivity contribution in [2.24, 2.45) is 5.92 Å². The molecule has 4 nitrogen and oxygen atoms in total. The topological polar surface area (TPSA) is 32.8 Å². The molecular weight excluding hydrogens is 288 g/mol. The van der Waals surface area contributed by atoms with Gasteiger partial charge in [0.05, 0.1) is 18.8 Å². The average molecular weight is 325 g/mol. The van der Waals surface area contributed by atoms with Crippen LogP contribution in [0.15, 0.2) is 0 Å². The molecule has 23 heavy (non-hydrogen) atoms. The molecule has 0 bridgehead atoms. The van der Waals surface area contributed by atoms with Gasteiger partial charge in [0.15, 0.2) is 0 Å². The molecule has 0 unspecified atom stereocenters. The van der Waals surface area contributed by atoms with Crippen LogP contribution in [-0.4, -0.2) is 66.1 Å². The van der Waals surface area contributed by atoms with Crippen LogP contribution in [-0.2, 0) is 9.53 Å². The second-order valence-corrected chi connectivity index (χ2v) is 8.06. The molecule has 0 spiro atoms. The number of piperidine rings is 2. The average Bonchev–Trinajstić information content (AvgIpc) is 2.48. The van der Waals surface area contributed by atoms with Crippen LogP contribution < -0.4 is 0 Å². The summed E-state index contributed by atoms with van der Waals surface area (Å²) < 4.78 is 6.39. The summed E-state index contributed by atoms with van der Waals surface area (Å²) in [5.41, 5.74) is 0. The minimum absolute atomic E-state index is 0.150. The summed E-state index contributed by atoms with van der Waals surface area (Å²) >= 11 is 0. The number of hydrogen-bond donors (Lipinski definition) is 0. The fourth-order valence-corrected chi connectivity index (χ4v) is 3.92. The Morgan fingerprint density at radius 2 is 1.65 bits per heavy atom. The quantitative estimate of drug-likeness (QED) is 0.752. The highest BCUT2D eigenvalue weighted by Crippen LogP contribution is 2.25. The molecule has 2 aliphatic heterocycles. The van der Waals surface area contributed by atoms with Crippen molar-refractivity contribution < 1.29 is 9.53 Å². The van der Waals surface area contributed by atoms with Crippen molar-refractivity contribution in [1.82, 2.24) is 9.80 Å². The summed E-state index contributed by atoms with van der Waals surface area (Å²) in [7, 11) is 0. The number of ketones is 1. The fourth-order valence-electron chi connectivity index (χ4n) is 3.92. The summed E-state index contributed by atoms with van der Waals surface area (Å²) in [4.78, 5) is 16.7. The normalized spacial score (nSPS) is 28.7. The van der Waals surface area contributed by atoms with Crippen LogP contribution in [0.3, 0.4) is 0 Å². The van der Waals surface area contributed by atoms with Crippen molar-refractivity contribution in [2.45, 2.75) is 84.6 Å². The Kier molecular flexibility index (Phi) is 7.05. The Balaban J connectivity index is 1.70. The fraction of sp³-hybridized carbons (Fsp3) is 0.947. The molecule has 4 heteroatoms. The number of rotatable bonds is 6. The highest BCUT2D eigenvalue weighted by Gasteiger charge is 2.30. The van der Waals surface area contributed by atoms with E-state index in [0.717, 1.165) is 45.3 Å². The largest absolute Gasteiger partial charge is 0.375 e. The predicted molar refractivity (Wildman–Crippen MR) is 94.7 cm³/mol. The van der Waals surface area contributed by atoms with Crippen LogP contribution in [0.1, 0.15) is 60.3 Å². The van der Waals surface area contributed by atoms with Crippen molar-refractivity contribution in [3.8, 4) is 0 Å². The lowest BCUT2D eigenvalue weighted by Crippen LogP contribution is -2.48. The maximum absolute atomic E-state index is 11.9. The molecule has 0 saturated carbocycles. The van der Waals surface area contributed by atoms with E-state index < -0.39 is 0 Å². The number of hydrogen-bond acceptors (Lipinski definition) is 4. The van der Waals surface area contributed by atoms with Crippen molar-refractivity contribution in [3.63, 3.8) is 0 Å². The van der Waals surface area contributed by atoms with Crippen LogP contribution in [0, 0.1) is 5.92 Å². The number of carbonyl (C=O) groups is 1. The van der Waals surface area contributed by atoms with Crippen LogP contribution in [0.4, 0.5) is 0 Å². The van der Waals surface area contributed by atoms with E-state index in [-0.39, 0.29) is 5.92 Å². The Bertz CT molecular complexity index is 376. The van der Waals surface area contributed by atoms with Gasteiger partial charge in [0.25, 0.3) is 0 Å². The van der Waals surface area contributed by atoms with Crippen LogP contribution in [0.5, 0.6) is 0 Å². The maximum atomic E-state index is 11.9. The zero-order valence-electron chi connectivity index (χ0n) is 15.8. The van der Waals surface area contributed by atoms with Crippen molar-refractivity contribution >= 4 is 5.78 Å². The standard InChI is InChI=1S/C19H36N2O2/c1-14(2)19(22)13-20-9-6-17(7-10-20)23-18-8-11-21(15(3)4)16(5)12-18/h14-18H,6-13H2,1-5H3/t16-,18+/m1/s1. The van der Waals surface area contributed by atoms with Gasteiger partial charge in [-0.25, -0.2) is 0 Å². The number of likely N-dealkylation sites (tertiary alicyclic amines) is 2. The minimum atomic E-state index is 0.150. The van der Waals surface area contributed by atoms with Crippen molar-refractivity contribution in [2.75, 3.05) is 26.2 Å². The molecule has 0 aromatic heterocycles. The monoisotopic (exact) mass is 324 g/mol. The van der Waals surface area contributed by atoms with E-state index in [4.69, 9.17) is 4.74 Å². The zero-order chi connectivity index (χ0) is 17.0. The lowest BCUT2D eigenvalue weighted by Gasteiger charge is -2.42. The van der Waals surface area contributed by atoms with Gasteiger partial charge in [0, 0.05) is 37.6 Å². The molecule has 2 heterocycles. The maximum Gasteiger partial charge on any atom is 0.149 e. The molecular formula is C19H36N2O2.